The predicted molar refractivity (Wildman–Crippen MR) is 34.3 cm³/mol. The maximum absolute atomic E-state index is 8.95. The Hall–Kier alpha value is -0.760. The summed E-state index contributed by atoms with van der Waals surface area (Å²) in [4.78, 5) is 0. The third-order valence-electron chi connectivity index (χ3n) is 1.08. The summed E-state index contributed by atoms with van der Waals surface area (Å²) in [5, 5.41) is 9.31. The normalized spacial score (nSPS) is 9.56. The van der Waals surface area contributed by atoms with E-state index in [9.17, 15) is 0 Å². The zero-order chi connectivity index (χ0) is 6.85. The number of pyridine rings is 1. The highest BCUT2D eigenvalue weighted by atomic mass is 35.5. The maximum atomic E-state index is 8.95. The van der Waals surface area contributed by atoms with Gasteiger partial charge in [0.1, 0.15) is 7.05 Å². The smallest absolute Gasteiger partial charge is 0.317 e. The summed E-state index contributed by atoms with van der Waals surface area (Å²) in [5.74, 6) is 0.113. The molecule has 0 spiro atoms. The maximum Gasteiger partial charge on any atom is 0.317 e. The molecule has 1 N–H and O–H groups in total. The van der Waals surface area contributed by atoms with Crippen molar-refractivity contribution in [3.63, 3.8) is 0 Å². The van der Waals surface area contributed by atoms with Crippen LogP contribution in [-0.2, 0) is 7.05 Å². The van der Waals surface area contributed by atoms with Crippen LogP contribution in [0.15, 0.2) is 18.3 Å². The summed E-state index contributed by atoms with van der Waals surface area (Å²) in [6.45, 7) is 0. The van der Waals surface area contributed by atoms with E-state index in [1.807, 2.05) is 0 Å². The van der Waals surface area contributed by atoms with Crippen LogP contribution < -0.4 is 4.57 Å². The van der Waals surface area contributed by atoms with Crippen molar-refractivity contribution in [2.75, 3.05) is 0 Å². The van der Waals surface area contributed by atoms with Gasteiger partial charge in [-0.1, -0.05) is 0 Å². The predicted octanol–water partition coefficient (Wildman–Crippen LogP) is 0.870. The van der Waals surface area contributed by atoms with Crippen LogP contribution in [0.3, 0.4) is 0 Å². The van der Waals surface area contributed by atoms with Crippen LogP contribution in [0.2, 0.25) is 5.15 Å². The van der Waals surface area contributed by atoms with E-state index in [4.69, 9.17) is 16.7 Å². The molecule has 0 saturated heterocycles. The number of rotatable bonds is 0. The molecule has 1 aromatic heterocycles. The molecule has 3 heteroatoms. The summed E-state index contributed by atoms with van der Waals surface area (Å²) in [6, 6.07) is 3.27. The summed E-state index contributed by atoms with van der Waals surface area (Å²) in [7, 11) is 1.77. The molecule has 0 aliphatic rings. The number of hydrogen-bond donors (Lipinski definition) is 1. The van der Waals surface area contributed by atoms with Crippen LogP contribution in [0.4, 0.5) is 0 Å². The average Bonchev–Trinajstić information content (AvgIpc) is 1.83. The van der Waals surface area contributed by atoms with Gasteiger partial charge in [0.05, 0.1) is 0 Å². The molecule has 9 heavy (non-hydrogen) atoms. The Morgan fingerprint density at radius 2 is 2.33 bits per heavy atom. The average molecular weight is 145 g/mol. The van der Waals surface area contributed by atoms with Gasteiger partial charge in [0.25, 0.3) is 0 Å². The van der Waals surface area contributed by atoms with Gasteiger partial charge in [-0.2, -0.15) is 4.57 Å². The minimum absolute atomic E-state index is 0.113. The van der Waals surface area contributed by atoms with Crippen LogP contribution >= 0.6 is 11.6 Å². The fourth-order valence-corrected chi connectivity index (χ4v) is 0.698. The number of aryl methyl sites for hydroxylation is 1. The van der Waals surface area contributed by atoms with Crippen molar-refractivity contribution in [2.24, 2.45) is 7.05 Å². The lowest BCUT2D eigenvalue weighted by Gasteiger charge is -1.90. The molecular weight excluding hydrogens is 138 g/mol. The molecule has 2 nitrogen and oxygen atoms in total. The molecule has 0 aliphatic heterocycles. The Morgan fingerprint density at radius 3 is 2.78 bits per heavy atom. The van der Waals surface area contributed by atoms with E-state index < -0.39 is 0 Å². The van der Waals surface area contributed by atoms with Crippen molar-refractivity contribution in [1.29, 1.82) is 0 Å². The fourth-order valence-electron chi connectivity index (χ4n) is 0.578. The van der Waals surface area contributed by atoms with Gasteiger partial charge in [0.15, 0.2) is 6.20 Å². The quantitative estimate of drug-likeness (QED) is 0.424. The number of aromatic hydroxyl groups is 1. The fraction of sp³-hybridized carbons (Fsp3) is 0.167. The Kier molecular flexibility index (Phi) is 1.58. The highest BCUT2D eigenvalue weighted by molar-refractivity contribution is 6.29. The molecule has 1 heterocycles. The Balaban J connectivity index is 3.25. The largest absolute Gasteiger partial charge is 0.502 e. The second kappa shape index (κ2) is 2.23. The molecule has 1 rings (SSSR count). The third kappa shape index (κ3) is 1.13. The van der Waals surface area contributed by atoms with Gasteiger partial charge in [-0.15, -0.1) is 0 Å². The lowest BCUT2D eigenvalue weighted by Crippen LogP contribution is -2.28. The molecule has 0 bridgehead atoms. The summed E-state index contributed by atoms with van der Waals surface area (Å²) >= 11 is 5.59. The zero-order valence-corrected chi connectivity index (χ0v) is 5.76. The topological polar surface area (TPSA) is 24.1 Å². The van der Waals surface area contributed by atoms with E-state index in [0.717, 1.165) is 0 Å². The van der Waals surface area contributed by atoms with Crippen molar-refractivity contribution in [2.45, 2.75) is 0 Å². The van der Waals surface area contributed by atoms with Crippen LogP contribution in [0.25, 0.3) is 0 Å². The highest BCUT2D eigenvalue weighted by Crippen LogP contribution is 2.15. The minimum atomic E-state index is 0.113. The molecule has 0 fully saturated rings. The first kappa shape index (κ1) is 6.36. The number of aromatic nitrogens is 1. The highest BCUT2D eigenvalue weighted by Gasteiger charge is 2.05. The molecular formula is C6H7ClNO+. The monoisotopic (exact) mass is 144 g/mol. The van der Waals surface area contributed by atoms with Gasteiger partial charge in [0, 0.05) is 6.07 Å². The van der Waals surface area contributed by atoms with Gasteiger partial charge in [-0.25, -0.2) is 0 Å². The molecule has 48 valence electrons. The first-order chi connectivity index (χ1) is 4.22. The molecule has 0 saturated carbocycles. The van der Waals surface area contributed by atoms with E-state index in [-0.39, 0.29) is 5.75 Å². The SMILES string of the molecule is C[n+]1cccc(O)c1Cl. The van der Waals surface area contributed by atoms with Crippen LogP contribution in [-0.4, -0.2) is 5.11 Å². The van der Waals surface area contributed by atoms with E-state index in [1.165, 1.54) is 0 Å². The van der Waals surface area contributed by atoms with Crippen LogP contribution in [0, 0.1) is 0 Å². The Morgan fingerprint density at radius 1 is 1.67 bits per heavy atom. The number of nitrogens with zero attached hydrogens (tertiary/aromatic N) is 1. The third-order valence-corrected chi connectivity index (χ3v) is 1.55. The second-order valence-corrected chi connectivity index (χ2v) is 2.15. The molecule has 0 aromatic carbocycles. The molecule has 0 aliphatic carbocycles. The lowest BCUT2D eigenvalue weighted by molar-refractivity contribution is -0.669. The Bertz CT molecular complexity index is 204. The van der Waals surface area contributed by atoms with Gasteiger partial charge >= 0.3 is 5.15 Å². The van der Waals surface area contributed by atoms with Crippen molar-refractivity contribution < 1.29 is 9.67 Å². The Labute approximate surface area is 58.3 Å². The molecule has 0 unspecified atom stereocenters. The summed E-state index contributed by atoms with van der Waals surface area (Å²) < 4.78 is 1.64. The molecule has 1 aromatic rings. The van der Waals surface area contributed by atoms with E-state index in [2.05, 4.69) is 0 Å². The van der Waals surface area contributed by atoms with Crippen molar-refractivity contribution in [3.05, 3.63) is 23.5 Å². The molecule has 0 amide bonds. The van der Waals surface area contributed by atoms with Crippen LogP contribution in [0.5, 0.6) is 5.75 Å². The molecule has 0 radical (unpaired) electrons. The number of hydrogen-bond acceptors (Lipinski definition) is 1. The van der Waals surface area contributed by atoms with E-state index in [0.29, 0.717) is 5.15 Å². The zero-order valence-electron chi connectivity index (χ0n) is 5.00. The van der Waals surface area contributed by atoms with Gasteiger partial charge in [-0.3, -0.25) is 0 Å². The van der Waals surface area contributed by atoms with Crippen molar-refractivity contribution >= 4 is 11.6 Å². The lowest BCUT2D eigenvalue weighted by atomic mass is 10.4. The van der Waals surface area contributed by atoms with Gasteiger partial charge in [-0.05, 0) is 17.7 Å². The van der Waals surface area contributed by atoms with Crippen LogP contribution in [0.1, 0.15) is 0 Å². The number of halogens is 1. The van der Waals surface area contributed by atoms with E-state index >= 15 is 0 Å². The standard InChI is InChI=1S/C6H6ClNO/c1-8-4-2-3-5(9)6(8)7/h2-4H,1H3/p+1. The first-order valence-corrected chi connectivity index (χ1v) is 2.92. The van der Waals surface area contributed by atoms with E-state index in [1.54, 1.807) is 29.9 Å². The van der Waals surface area contributed by atoms with Gasteiger partial charge in [0.2, 0.25) is 5.75 Å². The van der Waals surface area contributed by atoms with Crippen molar-refractivity contribution in [1.82, 2.24) is 0 Å². The second-order valence-electron chi connectivity index (χ2n) is 1.80. The minimum Gasteiger partial charge on any atom is -0.502 e. The molecule has 0 atom stereocenters. The van der Waals surface area contributed by atoms with Gasteiger partial charge < -0.3 is 5.11 Å². The summed E-state index contributed by atoms with van der Waals surface area (Å²) in [5.41, 5.74) is 0. The summed E-state index contributed by atoms with van der Waals surface area (Å²) in [6.07, 6.45) is 1.77. The van der Waals surface area contributed by atoms with Crippen molar-refractivity contribution in [3.8, 4) is 5.75 Å². The first-order valence-electron chi connectivity index (χ1n) is 2.55.